The highest BCUT2D eigenvalue weighted by atomic mass is 79.9. The van der Waals surface area contributed by atoms with Gasteiger partial charge in [0.25, 0.3) is 0 Å². The van der Waals surface area contributed by atoms with E-state index in [1.807, 2.05) is 11.8 Å². The molecule has 1 aromatic heterocycles. The molecule has 0 saturated carbocycles. The van der Waals surface area contributed by atoms with Crippen LogP contribution in [-0.2, 0) is 4.74 Å². The Balaban J connectivity index is 2.33. The third kappa shape index (κ3) is 3.02. The van der Waals surface area contributed by atoms with Crippen molar-refractivity contribution in [2.24, 2.45) is 5.73 Å². The van der Waals surface area contributed by atoms with Crippen molar-refractivity contribution in [2.75, 3.05) is 24.6 Å². The van der Waals surface area contributed by atoms with Gasteiger partial charge < -0.3 is 15.4 Å². The standard InChI is InChI=1S/C11H15BrN4O3/c1-7(13)10-6-15(2-3-19-10)11-8(12)4-14-5-9(11)16(17)18/h4-5,7,10H,2-3,6,13H2,1H3. The number of ether oxygens (including phenoxy) is 1. The highest BCUT2D eigenvalue weighted by Crippen LogP contribution is 2.35. The van der Waals surface area contributed by atoms with Crippen LogP contribution >= 0.6 is 15.9 Å². The van der Waals surface area contributed by atoms with E-state index in [0.717, 1.165) is 0 Å². The molecule has 1 saturated heterocycles. The Bertz CT molecular complexity index is 483. The maximum atomic E-state index is 11.1. The van der Waals surface area contributed by atoms with Gasteiger partial charge in [-0.15, -0.1) is 0 Å². The summed E-state index contributed by atoms with van der Waals surface area (Å²) >= 11 is 3.33. The molecule has 0 spiro atoms. The van der Waals surface area contributed by atoms with Gasteiger partial charge in [0.2, 0.25) is 0 Å². The molecule has 8 heteroatoms. The number of nitro groups is 1. The first-order chi connectivity index (χ1) is 9.00. The van der Waals surface area contributed by atoms with E-state index in [-0.39, 0.29) is 17.8 Å². The van der Waals surface area contributed by atoms with Crippen LogP contribution in [0, 0.1) is 10.1 Å². The Morgan fingerprint density at radius 2 is 2.42 bits per heavy atom. The molecule has 0 aliphatic carbocycles. The quantitative estimate of drug-likeness (QED) is 0.663. The minimum Gasteiger partial charge on any atom is -0.373 e. The molecule has 19 heavy (non-hydrogen) atoms. The first-order valence-electron chi connectivity index (χ1n) is 5.90. The van der Waals surface area contributed by atoms with Gasteiger partial charge in [-0.1, -0.05) is 0 Å². The molecular weight excluding hydrogens is 316 g/mol. The molecule has 2 rings (SSSR count). The smallest absolute Gasteiger partial charge is 0.311 e. The van der Waals surface area contributed by atoms with Gasteiger partial charge in [-0.2, -0.15) is 0 Å². The number of nitrogens with zero attached hydrogens (tertiary/aromatic N) is 3. The van der Waals surface area contributed by atoms with Gasteiger partial charge in [0, 0.05) is 25.3 Å². The average Bonchev–Trinajstić information content (AvgIpc) is 2.38. The fourth-order valence-corrected chi connectivity index (χ4v) is 2.63. The molecule has 2 N–H and O–H groups in total. The van der Waals surface area contributed by atoms with Gasteiger partial charge in [-0.25, -0.2) is 0 Å². The van der Waals surface area contributed by atoms with E-state index in [1.165, 1.54) is 6.20 Å². The summed E-state index contributed by atoms with van der Waals surface area (Å²) < 4.78 is 6.17. The maximum Gasteiger partial charge on any atom is 0.311 e. The average molecular weight is 331 g/mol. The van der Waals surface area contributed by atoms with E-state index in [4.69, 9.17) is 10.5 Å². The summed E-state index contributed by atoms with van der Waals surface area (Å²) in [6.07, 6.45) is 2.68. The van der Waals surface area contributed by atoms with Crippen molar-refractivity contribution >= 4 is 27.3 Å². The van der Waals surface area contributed by atoms with E-state index in [1.54, 1.807) is 6.20 Å². The summed E-state index contributed by atoms with van der Waals surface area (Å²) in [7, 11) is 0. The molecule has 104 valence electrons. The van der Waals surface area contributed by atoms with Crippen molar-refractivity contribution in [3.8, 4) is 0 Å². The van der Waals surface area contributed by atoms with Crippen LogP contribution in [0.25, 0.3) is 0 Å². The minimum atomic E-state index is -0.427. The summed E-state index contributed by atoms with van der Waals surface area (Å²) in [5, 5.41) is 11.1. The molecule has 1 aromatic rings. The fraction of sp³-hybridized carbons (Fsp3) is 0.545. The number of anilines is 1. The lowest BCUT2D eigenvalue weighted by Gasteiger charge is -2.36. The number of hydrogen-bond acceptors (Lipinski definition) is 6. The zero-order valence-corrected chi connectivity index (χ0v) is 12.0. The Morgan fingerprint density at radius 1 is 1.68 bits per heavy atom. The zero-order valence-electron chi connectivity index (χ0n) is 10.5. The molecular formula is C11H15BrN4O3. The Morgan fingerprint density at radius 3 is 3.05 bits per heavy atom. The predicted molar refractivity (Wildman–Crippen MR) is 74.2 cm³/mol. The second-order valence-corrected chi connectivity index (χ2v) is 5.31. The number of pyridine rings is 1. The third-order valence-corrected chi connectivity index (χ3v) is 3.63. The topological polar surface area (TPSA) is 94.5 Å². The second-order valence-electron chi connectivity index (χ2n) is 4.46. The second kappa shape index (κ2) is 5.81. The molecule has 0 aromatic carbocycles. The van der Waals surface area contributed by atoms with Crippen LogP contribution in [0.3, 0.4) is 0 Å². The van der Waals surface area contributed by atoms with E-state index >= 15 is 0 Å². The summed E-state index contributed by atoms with van der Waals surface area (Å²) in [4.78, 5) is 16.4. The summed E-state index contributed by atoms with van der Waals surface area (Å²) in [5.41, 5.74) is 6.36. The van der Waals surface area contributed by atoms with Gasteiger partial charge in [0.05, 0.1) is 22.1 Å². The van der Waals surface area contributed by atoms with Crippen molar-refractivity contribution in [3.63, 3.8) is 0 Å². The van der Waals surface area contributed by atoms with Crippen LogP contribution in [0.5, 0.6) is 0 Å². The van der Waals surface area contributed by atoms with Gasteiger partial charge >= 0.3 is 5.69 Å². The maximum absolute atomic E-state index is 11.1. The number of morpholine rings is 1. The lowest BCUT2D eigenvalue weighted by Crippen LogP contribution is -2.49. The lowest BCUT2D eigenvalue weighted by molar-refractivity contribution is -0.384. The monoisotopic (exact) mass is 330 g/mol. The van der Waals surface area contributed by atoms with Gasteiger partial charge in [-0.05, 0) is 22.9 Å². The Labute approximate surface area is 119 Å². The van der Waals surface area contributed by atoms with Crippen molar-refractivity contribution in [2.45, 2.75) is 19.1 Å². The minimum absolute atomic E-state index is 0.0142. The highest BCUT2D eigenvalue weighted by Gasteiger charge is 2.29. The first-order valence-corrected chi connectivity index (χ1v) is 6.70. The van der Waals surface area contributed by atoms with Crippen LogP contribution in [0.1, 0.15) is 6.92 Å². The van der Waals surface area contributed by atoms with Crippen LogP contribution in [0.2, 0.25) is 0 Å². The van der Waals surface area contributed by atoms with Crippen LogP contribution in [0.4, 0.5) is 11.4 Å². The van der Waals surface area contributed by atoms with Crippen LogP contribution < -0.4 is 10.6 Å². The van der Waals surface area contributed by atoms with Crippen LogP contribution in [-0.4, -0.2) is 41.7 Å². The first kappa shape index (κ1) is 14.2. The lowest BCUT2D eigenvalue weighted by atomic mass is 10.1. The van der Waals surface area contributed by atoms with E-state index in [2.05, 4.69) is 20.9 Å². The van der Waals surface area contributed by atoms with Crippen molar-refractivity contribution in [1.82, 2.24) is 4.98 Å². The van der Waals surface area contributed by atoms with Crippen molar-refractivity contribution in [3.05, 3.63) is 27.0 Å². The summed E-state index contributed by atoms with van der Waals surface area (Å²) in [6, 6.07) is -0.123. The Hall–Kier alpha value is -1.25. The van der Waals surface area contributed by atoms with Gasteiger partial charge in [0.15, 0.2) is 0 Å². The Kier molecular flexibility index (Phi) is 4.33. The highest BCUT2D eigenvalue weighted by molar-refractivity contribution is 9.10. The van der Waals surface area contributed by atoms with Gasteiger partial charge in [0.1, 0.15) is 11.9 Å². The SMILES string of the molecule is CC(N)C1CN(c2c(Br)cncc2[N+](=O)[O-])CCO1. The van der Waals surface area contributed by atoms with Crippen molar-refractivity contribution < 1.29 is 9.66 Å². The van der Waals surface area contributed by atoms with Gasteiger partial charge in [-0.3, -0.25) is 15.1 Å². The molecule has 2 heterocycles. The fourth-order valence-electron chi connectivity index (χ4n) is 2.06. The van der Waals surface area contributed by atoms with Crippen molar-refractivity contribution in [1.29, 1.82) is 0 Å². The number of nitrogens with two attached hydrogens (primary N) is 1. The summed E-state index contributed by atoms with van der Waals surface area (Å²) in [6.45, 7) is 3.48. The molecule has 2 atom stereocenters. The molecule has 7 nitrogen and oxygen atoms in total. The zero-order chi connectivity index (χ0) is 14.0. The van der Waals surface area contributed by atoms with E-state index in [0.29, 0.717) is 29.9 Å². The molecule has 1 aliphatic heterocycles. The molecule has 0 amide bonds. The molecule has 2 unspecified atom stereocenters. The molecule has 0 radical (unpaired) electrons. The molecule has 1 aliphatic rings. The van der Waals surface area contributed by atoms with Crippen LogP contribution in [0.15, 0.2) is 16.9 Å². The normalized spacial score (nSPS) is 21.2. The number of aromatic nitrogens is 1. The largest absolute Gasteiger partial charge is 0.373 e. The number of halogens is 1. The summed E-state index contributed by atoms with van der Waals surface area (Å²) in [5.74, 6) is 0. The third-order valence-electron chi connectivity index (χ3n) is 3.05. The van der Waals surface area contributed by atoms with E-state index in [9.17, 15) is 10.1 Å². The molecule has 1 fully saturated rings. The van der Waals surface area contributed by atoms with E-state index < -0.39 is 4.92 Å². The predicted octanol–water partition coefficient (Wildman–Crippen LogP) is 1.30. The number of hydrogen-bond donors (Lipinski definition) is 1. The molecule has 0 bridgehead atoms. The number of rotatable bonds is 3.